The predicted molar refractivity (Wildman–Crippen MR) is 124 cm³/mol. The molecule has 0 radical (unpaired) electrons. The van der Waals surface area contributed by atoms with Crippen LogP contribution in [0.2, 0.25) is 0 Å². The Kier molecular flexibility index (Phi) is 7.33. The first-order chi connectivity index (χ1) is 14.7. The van der Waals surface area contributed by atoms with Crippen molar-refractivity contribution in [3.05, 3.63) is 114 Å². The van der Waals surface area contributed by atoms with E-state index in [0.29, 0.717) is 17.5 Å². The van der Waals surface area contributed by atoms with Gasteiger partial charge in [0.15, 0.2) is 5.76 Å². The van der Waals surface area contributed by atoms with Crippen LogP contribution in [0, 0.1) is 6.92 Å². The van der Waals surface area contributed by atoms with Crippen molar-refractivity contribution in [1.29, 1.82) is 0 Å². The lowest BCUT2D eigenvalue weighted by Gasteiger charge is -2.27. The maximum atomic E-state index is 12.5. The second kappa shape index (κ2) is 9.96. The first-order valence-electron chi connectivity index (χ1n) is 9.87. The SMILES string of the molecule is COC(=O)c1c(C)coc1C[P+](c1ccccc1)(c1ccccc1)c1ccccc1.[Cl-]. The van der Waals surface area contributed by atoms with Crippen LogP contribution in [-0.4, -0.2) is 13.1 Å². The van der Waals surface area contributed by atoms with Crippen LogP contribution in [0.1, 0.15) is 21.7 Å². The highest BCUT2D eigenvalue weighted by Crippen LogP contribution is 2.58. The highest BCUT2D eigenvalue weighted by molar-refractivity contribution is 7.95. The summed E-state index contributed by atoms with van der Waals surface area (Å²) in [5.41, 5.74) is 1.33. The van der Waals surface area contributed by atoms with Crippen LogP contribution < -0.4 is 28.3 Å². The molecule has 0 spiro atoms. The number of furan rings is 1. The van der Waals surface area contributed by atoms with Crippen molar-refractivity contribution in [2.24, 2.45) is 0 Å². The number of methoxy groups -OCH3 is 1. The van der Waals surface area contributed by atoms with E-state index >= 15 is 0 Å². The van der Waals surface area contributed by atoms with Gasteiger partial charge in [0.25, 0.3) is 0 Å². The van der Waals surface area contributed by atoms with Crippen LogP contribution in [0.3, 0.4) is 0 Å². The fourth-order valence-electron chi connectivity index (χ4n) is 3.97. The van der Waals surface area contributed by atoms with Crippen LogP contribution in [-0.2, 0) is 10.9 Å². The van der Waals surface area contributed by atoms with E-state index in [0.717, 1.165) is 5.56 Å². The van der Waals surface area contributed by atoms with Gasteiger partial charge in [-0.3, -0.25) is 0 Å². The molecule has 0 saturated carbocycles. The van der Waals surface area contributed by atoms with Crippen molar-refractivity contribution in [3.63, 3.8) is 0 Å². The van der Waals surface area contributed by atoms with Gasteiger partial charge in [0.1, 0.15) is 34.9 Å². The molecule has 4 rings (SSSR count). The molecule has 0 unspecified atom stereocenters. The van der Waals surface area contributed by atoms with Crippen LogP contribution in [0.4, 0.5) is 0 Å². The van der Waals surface area contributed by atoms with Crippen LogP contribution in [0.25, 0.3) is 0 Å². The molecule has 0 aliphatic heterocycles. The average molecular weight is 451 g/mol. The van der Waals surface area contributed by atoms with Gasteiger partial charge in [-0.15, -0.1) is 0 Å². The molecule has 0 fully saturated rings. The molecule has 3 aromatic carbocycles. The highest BCUT2D eigenvalue weighted by atomic mass is 35.5. The molecule has 1 heterocycles. The Morgan fingerprint density at radius 2 is 1.23 bits per heavy atom. The molecule has 0 bridgehead atoms. The van der Waals surface area contributed by atoms with Crippen LogP contribution in [0.5, 0.6) is 0 Å². The van der Waals surface area contributed by atoms with Crippen molar-refractivity contribution in [1.82, 2.24) is 0 Å². The molecule has 31 heavy (non-hydrogen) atoms. The van der Waals surface area contributed by atoms with Gasteiger partial charge in [0, 0.05) is 5.56 Å². The summed E-state index contributed by atoms with van der Waals surface area (Å²) in [6.45, 7) is 1.88. The highest BCUT2D eigenvalue weighted by Gasteiger charge is 2.47. The van der Waals surface area contributed by atoms with E-state index in [2.05, 4.69) is 72.8 Å². The number of halogens is 1. The number of rotatable bonds is 6. The normalized spacial score (nSPS) is 10.9. The summed E-state index contributed by atoms with van der Waals surface area (Å²) in [7, 11) is -0.731. The summed E-state index contributed by atoms with van der Waals surface area (Å²) in [6.07, 6.45) is 2.25. The molecular weight excluding hydrogens is 427 g/mol. The number of hydrogen-bond acceptors (Lipinski definition) is 3. The summed E-state index contributed by atoms with van der Waals surface area (Å²) < 4.78 is 11.0. The van der Waals surface area contributed by atoms with Gasteiger partial charge < -0.3 is 21.6 Å². The lowest BCUT2D eigenvalue weighted by Crippen LogP contribution is -3.00. The Bertz CT molecular complexity index is 1030. The van der Waals surface area contributed by atoms with Crippen molar-refractivity contribution < 1.29 is 26.4 Å². The number of carbonyl (C=O) groups excluding carboxylic acids is 1. The third-order valence-electron chi connectivity index (χ3n) is 5.41. The van der Waals surface area contributed by atoms with E-state index in [1.54, 1.807) is 6.26 Å². The topological polar surface area (TPSA) is 39.4 Å². The number of benzene rings is 3. The molecule has 1 aromatic heterocycles. The number of esters is 1. The lowest BCUT2D eigenvalue weighted by molar-refractivity contribution is -0.0000217. The lowest BCUT2D eigenvalue weighted by atomic mass is 10.2. The van der Waals surface area contributed by atoms with E-state index < -0.39 is 7.26 Å². The summed E-state index contributed by atoms with van der Waals surface area (Å²) in [6, 6.07) is 31.6. The van der Waals surface area contributed by atoms with Gasteiger partial charge in [0.05, 0.1) is 13.4 Å². The molecule has 5 heteroatoms. The Balaban J connectivity index is 0.00000272. The summed E-state index contributed by atoms with van der Waals surface area (Å²) in [4.78, 5) is 12.5. The number of aryl methyl sites for hydroxylation is 1. The summed E-state index contributed by atoms with van der Waals surface area (Å²) >= 11 is 0. The first-order valence-corrected chi connectivity index (χ1v) is 11.8. The van der Waals surface area contributed by atoms with E-state index in [1.165, 1.54) is 23.0 Å². The fourth-order valence-corrected chi connectivity index (χ4v) is 8.12. The molecule has 4 aromatic rings. The Morgan fingerprint density at radius 1 is 0.806 bits per heavy atom. The molecule has 0 amide bonds. The number of carbonyl (C=O) groups is 1. The molecule has 0 atom stereocenters. The van der Waals surface area contributed by atoms with Crippen molar-refractivity contribution >= 4 is 29.1 Å². The maximum Gasteiger partial charge on any atom is 0.341 e. The van der Waals surface area contributed by atoms with Crippen LogP contribution in [0.15, 0.2) is 102 Å². The smallest absolute Gasteiger partial charge is 0.341 e. The quantitative estimate of drug-likeness (QED) is 0.332. The van der Waals surface area contributed by atoms with Crippen LogP contribution >= 0.6 is 7.26 Å². The molecule has 158 valence electrons. The predicted octanol–water partition coefficient (Wildman–Crippen LogP) is 1.87. The Morgan fingerprint density at radius 3 is 1.61 bits per heavy atom. The molecule has 0 aliphatic carbocycles. The molecule has 0 aliphatic rings. The van der Waals surface area contributed by atoms with Gasteiger partial charge in [-0.2, -0.15) is 0 Å². The van der Waals surface area contributed by atoms with E-state index in [-0.39, 0.29) is 18.4 Å². The average Bonchev–Trinajstić information content (AvgIpc) is 3.18. The largest absolute Gasteiger partial charge is 1.00 e. The zero-order chi connectivity index (χ0) is 21.0. The third-order valence-corrected chi connectivity index (χ3v) is 9.71. The summed E-state index contributed by atoms with van der Waals surface area (Å²) in [5.74, 6) is 0.313. The van der Waals surface area contributed by atoms with Crippen molar-refractivity contribution in [2.45, 2.75) is 13.1 Å². The van der Waals surface area contributed by atoms with Crippen molar-refractivity contribution in [3.8, 4) is 0 Å². The van der Waals surface area contributed by atoms with Gasteiger partial charge in [-0.25, -0.2) is 4.79 Å². The maximum absolute atomic E-state index is 12.5. The summed E-state index contributed by atoms with van der Waals surface area (Å²) in [5, 5.41) is 3.73. The molecule has 3 nitrogen and oxygen atoms in total. The van der Waals surface area contributed by atoms with Gasteiger partial charge in [-0.05, 0) is 43.3 Å². The molecule has 0 saturated heterocycles. The van der Waals surface area contributed by atoms with E-state index in [4.69, 9.17) is 9.15 Å². The van der Waals surface area contributed by atoms with Crippen molar-refractivity contribution in [2.75, 3.05) is 7.11 Å². The third kappa shape index (κ3) is 4.30. The number of hydrogen-bond donors (Lipinski definition) is 0. The van der Waals surface area contributed by atoms with Gasteiger partial charge in [0.2, 0.25) is 0 Å². The minimum absolute atomic E-state index is 0. The zero-order valence-electron chi connectivity index (χ0n) is 17.5. The minimum Gasteiger partial charge on any atom is -1.00 e. The Hall–Kier alpha value is -2.87. The number of ether oxygens (including phenoxy) is 1. The second-order valence-electron chi connectivity index (χ2n) is 7.18. The zero-order valence-corrected chi connectivity index (χ0v) is 19.1. The van der Waals surface area contributed by atoms with E-state index in [1.807, 2.05) is 25.1 Å². The Labute approximate surface area is 189 Å². The molecule has 0 N–H and O–H groups in total. The van der Waals surface area contributed by atoms with Gasteiger partial charge >= 0.3 is 5.97 Å². The first kappa shape index (κ1) is 22.8. The van der Waals surface area contributed by atoms with E-state index in [9.17, 15) is 4.79 Å². The fraction of sp³-hybridized carbons (Fsp3) is 0.115. The van der Waals surface area contributed by atoms with Gasteiger partial charge in [-0.1, -0.05) is 54.6 Å². The minimum atomic E-state index is -2.14. The second-order valence-corrected chi connectivity index (χ2v) is 10.7. The monoisotopic (exact) mass is 450 g/mol. The molecular formula is C26H24ClO3P. The standard InChI is InChI=1S/C26H24O3P.ClH/c1-20-18-29-24(25(20)26(27)28-2)19-30(21-12-6-3-7-13-21,22-14-8-4-9-15-22)23-16-10-5-11-17-23;/h3-18H,19H2,1-2H3;1H/q+1;/p-1.